The second kappa shape index (κ2) is 11.0. The van der Waals surface area contributed by atoms with E-state index in [2.05, 4.69) is 0 Å². The second-order valence-electron chi connectivity index (χ2n) is 10.8. The number of carbonyl (C=O) groups excluding carboxylic acids is 3. The number of hydrogen-bond donors (Lipinski definition) is 1. The highest BCUT2D eigenvalue weighted by Crippen LogP contribution is 2.53. The average Bonchev–Trinajstić information content (AvgIpc) is 3.30. The molecule has 2 amide bonds. The highest BCUT2D eigenvalue weighted by atomic mass is 16.6. The Kier molecular flexibility index (Phi) is 7.73. The number of ether oxygens (including phenoxy) is 2. The predicted octanol–water partition coefficient (Wildman–Crippen LogP) is 3.23. The molecular formula is C30H38N2O6. The fraction of sp³-hybridized carbons (Fsp3) is 0.567. The summed E-state index contributed by atoms with van der Waals surface area (Å²) in [5.74, 6) is -2.48. The number of nitrogens with zero attached hydrogens (tertiary/aromatic N) is 2. The van der Waals surface area contributed by atoms with Gasteiger partial charge in [0.1, 0.15) is 17.6 Å². The lowest BCUT2D eigenvalue weighted by atomic mass is 9.78. The number of rotatable bonds is 7. The first-order chi connectivity index (χ1) is 18.4. The maximum Gasteiger partial charge on any atom is 0.312 e. The maximum atomic E-state index is 14.5. The summed E-state index contributed by atoms with van der Waals surface area (Å²) in [7, 11) is 0. The minimum absolute atomic E-state index is 0.136. The van der Waals surface area contributed by atoms with E-state index in [0.29, 0.717) is 32.5 Å². The quantitative estimate of drug-likeness (QED) is 0.336. The topological polar surface area (TPSA) is 96.4 Å². The minimum atomic E-state index is -1.25. The van der Waals surface area contributed by atoms with Crippen LogP contribution in [0.3, 0.4) is 0 Å². The Morgan fingerprint density at radius 3 is 2.55 bits per heavy atom. The van der Waals surface area contributed by atoms with E-state index in [1.807, 2.05) is 56.4 Å². The van der Waals surface area contributed by atoms with Crippen molar-refractivity contribution in [2.75, 3.05) is 31.2 Å². The summed E-state index contributed by atoms with van der Waals surface area (Å²) in [6.07, 6.45) is 11.6. The molecule has 1 N–H and O–H groups in total. The number of para-hydroxylation sites is 1. The zero-order chi connectivity index (χ0) is 26.9. The summed E-state index contributed by atoms with van der Waals surface area (Å²) in [5.41, 5.74) is 1.56. The molecule has 8 nitrogen and oxygen atoms in total. The molecule has 0 saturated carbocycles. The highest BCUT2D eigenvalue weighted by molar-refractivity contribution is 6.06. The van der Waals surface area contributed by atoms with Crippen LogP contribution in [0.15, 0.2) is 42.5 Å². The number of aliphatic hydroxyl groups is 1. The Bertz CT molecular complexity index is 1130. The van der Waals surface area contributed by atoms with Crippen LogP contribution in [0.2, 0.25) is 0 Å². The van der Waals surface area contributed by atoms with Gasteiger partial charge in [0.25, 0.3) is 5.91 Å². The lowest BCUT2D eigenvalue weighted by molar-refractivity contribution is -0.154. The van der Waals surface area contributed by atoms with Gasteiger partial charge < -0.3 is 24.4 Å². The molecule has 8 heteroatoms. The van der Waals surface area contributed by atoms with Gasteiger partial charge in [-0.15, -0.1) is 0 Å². The number of aryl methyl sites for hydroxylation is 2. The Balaban J connectivity index is 1.56. The largest absolute Gasteiger partial charge is 0.465 e. The number of fused-ring (bicyclic) bond motifs is 2. The molecule has 1 aromatic carbocycles. The fourth-order valence-electron chi connectivity index (χ4n) is 6.67. The van der Waals surface area contributed by atoms with Crippen LogP contribution >= 0.6 is 0 Å². The van der Waals surface area contributed by atoms with E-state index in [9.17, 15) is 14.4 Å². The summed E-state index contributed by atoms with van der Waals surface area (Å²) in [6.45, 7) is 5.15. The van der Waals surface area contributed by atoms with Crippen LogP contribution in [-0.4, -0.2) is 71.8 Å². The summed E-state index contributed by atoms with van der Waals surface area (Å²) in [6, 6.07) is 5.06. The number of hydrogen-bond acceptors (Lipinski definition) is 6. The van der Waals surface area contributed by atoms with Crippen molar-refractivity contribution in [2.45, 2.75) is 70.1 Å². The number of unbranched alkanes of at least 4 members (excludes halogenated alkanes) is 3. The molecule has 38 heavy (non-hydrogen) atoms. The Labute approximate surface area is 224 Å². The van der Waals surface area contributed by atoms with Gasteiger partial charge in [-0.2, -0.15) is 0 Å². The van der Waals surface area contributed by atoms with Gasteiger partial charge in [0.2, 0.25) is 5.91 Å². The Hall–Kier alpha value is -2.97. The van der Waals surface area contributed by atoms with Crippen LogP contribution in [0, 0.1) is 25.7 Å². The number of allylic oxidation sites excluding steroid dienone is 1. The summed E-state index contributed by atoms with van der Waals surface area (Å²) in [4.78, 5) is 45.3. The van der Waals surface area contributed by atoms with Gasteiger partial charge in [0.05, 0.1) is 18.6 Å². The van der Waals surface area contributed by atoms with Crippen molar-refractivity contribution in [1.29, 1.82) is 0 Å². The summed E-state index contributed by atoms with van der Waals surface area (Å²) in [5, 5.41) is 9.14. The zero-order valence-corrected chi connectivity index (χ0v) is 22.3. The van der Waals surface area contributed by atoms with E-state index in [1.54, 1.807) is 9.80 Å². The number of cyclic esters (lactones) is 1. The molecule has 1 unspecified atom stereocenters. The number of esters is 1. The number of aliphatic hydroxyl groups excluding tert-OH is 1. The summed E-state index contributed by atoms with van der Waals surface area (Å²) < 4.78 is 12.2. The molecule has 4 aliphatic heterocycles. The minimum Gasteiger partial charge on any atom is -0.465 e. The maximum absolute atomic E-state index is 14.5. The first-order valence-electron chi connectivity index (χ1n) is 13.9. The molecule has 4 heterocycles. The van der Waals surface area contributed by atoms with Crippen LogP contribution in [0.5, 0.6) is 0 Å². The molecule has 4 aliphatic rings. The van der Waals surface area contributed by atoms with Crippen molar-refractivity contribution >= 4 is 23.5 Å². The van der Waals surface area contributed by atoms with Gasteiger partial charge in [-0.05, 0) is 50.7 Å². The molecule has 0 radical (unpaired) electrons. The van der Waals surface area contributed by atoms with Gasteiger partial charge in [0, 0.05) is 25.4 Å². The van der Waals surface area contributed by atoms with E-state index in [-0.39, 0.29) is 18.4 Å². The third kappa shape index (κ3) is 4.47. The molecule has 0 aromatic heterocycles. The number of benzene rings is 1. The highest BCUT2D eigenvalue weighted by Gasteiger charge is 2.71. The van der Waals surface area contributed by atoms with Gasteiger partial charge >= 0.3 is 5.97 Å². The first kappa shape index (κ1) is 26.6. The molecule has 1 aromatic rings. The van der Waals surface area contributed by atoms with E-state index in [0.717, 1.165) is 42.5 Å². The molecular weight excluding hydrogens is 484 g/mol. The van der Waals surface area contributed by atoms with Crippen molar-refractivity contribution in [3.8, 4) is 0 Å². The van der Waals surface area contributed by atoms with E-state index in [1.165, 1.54) is 0 Å². The smallest absolute Gasteiger partial charge is 0.312 e. The van der Waals surface area contributed by atoms with Crippen LogP contribution in [-0.2, 0) is 23.9 Å². The third-order valence-corrected chi connectivity index (χ3v) is 8.37. The van der Waals surface area contributed by atoms with Crippen LogP contribution < -0.4 is 4.90 Å². The number of amides is 2. The number of likely N-dealkylation sites (tertiary alicyclic amines) is 1. The Morgan fingerprint density at radius 1 is 1.03 bits per heavy atom. The molecule has 0 bridgehead atoms. The average molecular weight is 523 g/mol. The molecule has 1 spiro atoms. The van der Waals surface area contributed by atoms with Crippen molar-refractivity contribution < 1.29 is 29.0 Å². The Morgan fingerprint density at radius 2 is 1.79 bits per heavy atom. The van der Waals surface area contributed by atoms with E-state index >= 15 is 0 Å². The normalized spacial score (nSPS) is 31.6. The molecule has 5 rings (SSSR count). The lowest BCUT2D eigenvalue weighted by Crippen LogP contribution is -2.55. The SMILES string of the molecule is Cc1cccc(C)c1N1CC=C[C@]23O[C@H]4/C=C\CCCOC(=O)[C@H]4[C@H]2C(=O)N(CCCCCCO)C3C1=O. The van der Waals surface area contributed by atoms with Crippen molar-refractivity contribution in [3.05, 3.63) is 53.6 Å². The molecule has 0 aliphatic carbocycles. The standard InChI is InChI=1S/C30H38N2O6/c1-20-12-10-13-21(2)25(20)31-17-11-15-30-24(23-22(38-30)14-6-5-9-19-37-29(23)36)27(34)32(26(30)28(31)35)16-7-3-4-8-18-33/h6,10-15,22-24,26,33H,3-5,7-9,16-19H2,1-2H3/b14-6-/t22-,23+,24-,26?,30-/m0/s1. The first-order valence-corrected chi connectivity index (χ1v) is 13.9. The summed E-state index contributed by atoms with van der Waals surface area (Å²) >= 11 is 0. The lowest BCUT2D eigenvalue weighted by Gasteiger charge is -2.36. The monoisotopic (exact) mass is 522 g/mol. The molecule has 5 atom stereocenters. The van der Waals surface area contributed by atoms with Crippen LogP contribution in [0.1, 0.15) is 49.7 Å². The van der Waals surface area contributed by atoms with E-state index in [4.69, 9.17) is 14.6 Å². The van der Waals surface area contributed by atoms with Crippen LogP contribution in [0.25, 0.3) is 0 Å². The van der Waals surface area contributed by atoms with Crippen molar-refractivity contribution in [1.82, 2.24) is 4.90 Å². The van der Waals surface area contributed by atoms with Crippen molar-refractivity contribution in [3.63, 3.8) is 0 Å². The van der Waals surface area contributed by atoms with Gasteiger partial charge in [-0.3, -0.25) is 14.4 Å². The molecule has 2 saturated heterocycles. The molecule has 2 fully saturated rings. The third-order valence-electron chi connectivity index (χ3n) is 8.37. The fourth-order valence-corrected chi connectivity index (χ4v) is 6.67. The number of anilines is 1. The van der Waals surface area contributed by atoms with Gasteiger partial charge in [-0.1, -0.05) is 55.3 Å². The van der Waals surface area contributed by atoms with Gasteiger partial charge in [-0.25, -0.2) is 0 Å². The van der Waals surface area contributed by atoms with Gasteiger partial charge in [0.15, 0.2) is 0 Å². The predicted molar refractivity (Wildman–Crippen MR) is 142 cm³/mol. The van der Waals surface area contributed by atoms with E-state index < -0.39 is 35.6 Å². The van der Waals surface area contributed by atoms with Crippen LogP contribution in [0.4, 0.5) is 5.69 Å². The zero-order valence-electron chi connectivity index (χ0n) is 22.3. The number of carbonyl (C=O) groups is 3. The second-order valence-corrected chi connectivity index (χ2v) is 10.8. The molecule has 204 valence electrons. The van der Waals surface area contributed by atoms with Crippen molar-refractivity contribution in [2.24, 2.45) is 11.8 Å².